The number of sulfonamides is 1. The van der Waals surface area contributed by atoms with Crippen molar-refractivity contribution in [2.24, 2.45) is 7.05 Å². The average molecular weight is 378 g/mol. The van der Waals surface area contributed by atoms with E-state index in [9.17, 15) is 13.2 Å². The summed E-state index contributed by atoms with van der Waals surface area (Å²) in [6.45, 7) is 6.27. The molecule has 1 atom stereocenters. The SMILES string of the molecule is CCN(CC)S(=O)(=O)c1cc(C(=O)N(C)C(C)c2ccncc2)n(C)c1. The van der Waals surface area contributed by atoms with Gasteiger partial charge in [-0.05, 0) is 30.7 Å². The lowest BCUT2D eigenvalue weighted by atomic mass is 10.1. The molecule has 2 aromatic heterocycles. The van der Waals surface area contributed by atoms with E-state index in [4.69, 9.17) is 0 Å². The first-order valence-corrected chi connectivity index (χ1v) is 10.0. The maximum Gasteiger partial charge on any atom is 0.270 e. The molecule has 0 aliphatic carbocycles. The minimum atomic E-state index is -3.60. The van der Waals surface area contributed by atoms with Gasteiger partial charge < -0.3 is 9.47 Å². The molecule has 0 aromatic carbocycles. The Balaban J connectivity index is 2.32. The molecule has 0 radical (unpaired) electrons. The molecule has 26 heavy (non-hydrogen) atoms. The van der Waals surface area contributed by atoms with Gasteiger partial charge in [0.05, 0.1) is 6.04 Å². The first-order valence-electron chi connectivity index (χ1n) is 8.57. The number of hydrogen-bond acceptors (Lipinski definition) is 4. The summed E-state index contributed by atoms with van der Waals surface area (Å²) in [5, 5.41) is 0. The van der Waals surface area contributed by atoms with Crippen molar-refractivity contribution in [2.75, 3.05) is 20.1 Å². The Kier molecular flexibility index (Phi) is 6.20. The highest BCUT2D eigenvalue weighted by molar-refractivity contribution is 7.89. The Hall–Kier alpha value is -2.19. The van der Waals surface area contributed by atoms with E-state index in [0.29, 0.717) is 18.8 Å². The van der Waals surface area contributed by atoms with Gasteiger partial charge in [0, 0.05) is 45.8 Å². The van der Waals surface area contributed by atoms with E-state index in [0.717, 1.165) is 5.56 Å². The zero-order valence-electron chi connectivity index (χ0n) is 15.9. The number of hydrogen-bond donors (Lipinski definition) is 0. The van der Waals surface area contributed by atoms with E-state index in [1.54, 1.807) is 49.8 Å². The second-order valence-corrected chi connectivity index (χ2v) is 8.07. The Morgan fingerprint density at radius 1 is 1.23 bits per heavy atom. The lowest BCUT2D eigenvalue weighted by molar-refractivity contribution is 0.0733. The predicted molar refractivity (Wildman–Crippen MR) is 100 cm³/mol. The third kappa shape index (κ3) is 3.81. The van der Waals surface area contributed by atoms with Gasteiger partial charge in [0.2, 0.25) is 10.0 Å². The molecule has 0 spiro atoms. The van der Waals surface area contributed by atoms with Crippen LogP contribution in [0.25, 0.3) is 0 Å². The summed E-state index contributed by atoms with van der Waals surface area (Å²) < 4.78 is 28.3. The van der Waals surface area contributed by atoms with E-state index in [-0.39, 0.29) is 16.8 Å². The number of carbonyl (C=O) groups excluding carboxylic acids is 1. The van der Waals surface area contributed by atoms with E-state index < -0.39 is 10.0 Å². The normalized spacial score (nSPS) is 13.0. The molecular formula is C18H26N4O3S. The maximum absolute atomic E-state index is 12.9. The molecule has 142 valence electrons. The molecule has 7 nitrogen and oxygen atoms in total. The van der Waals surface area contributed by atoms with Crippen molar-refractivity contribution in [2.45, 2.75) is 31.7 Å². The molecule has 0 fully saturated rings. The lowest BCUT2D eigenvalue weighted by Crippen LogP contribution is -2.31. The molecule has 0 aliphatic rings. The quantitative estimate of drug-likeness (QED) is 0.741. The van der Waals surface area contributed by atoms with Crippen molar-refractivity contribution in [1.82, 2.24) is 18.8 Å². The number of amides is 1. The molecular weight excluding hydrogens is 352 g/mol. The average Bonchev–Trinajstić information content (AvgIpc) is 3.04. The topological polar surface area (TPSA) is 75.5 Å². The van der Waals surface area contributed by atoms with Gasteiger partial charge in [-0.2, -0.15) is 4.31 Å². The summed E-state index contributed by atoms with van der Waals surface area (Å²) >= 11 is 0. The van der Waals surface area contributed by atoms with Crippen LogP contribution in [-0.2, 0) is 17.1 Å². The Morgan fingerprint density at radius 2 is 1.81 bits per heavy atom. The van der Waals surface area contributed by atoms with Crippen molar-refractivity contribution >= 4 is 15.9 Å². The summed E-state index contributed by atoms with van der Waals surface area (Å²) in [6, 6.07) is 5.00. The van der Waals surface area contributed by atoms with Gasteiger partial charge in [-0.15, -0.1) is 0 Å². The van der Waals surface area contributed by atoms with Crippen molar-refractivity contribution in [1.29, 1.82) is 0 Å². The number of pyridine rings is 1. The second-order valence-electron chi connectivity index (χ2n) is 6.13. The molecule has 0 saturated heterocycles. The fraction of sp³-hybridized carbons (Fsp3) is 0.444. The minimum Gasteiger partial charge on any atom is -0.345 e. The zero-order chi connectivity index (χ0) is 19.5. The monoisotopic (exact) mass is 378 g/mol. The summed E-state index contributed by atoms with van der Waals surface area (Å²) in [6.07, 6.45) is 4.86. The van der Waals surface area contributed by atoms with E-state index >= 15 is 0 Å². The number of nitrogens with zero attached hydrogens (tertiary/aromatic N) is 4. The van der Waals surface area contributed by atoms with E-state index in [2.05, 4.69) is 4.98 Å². The van der Waals surface area contributed by atoms with Crippen LogP contribution in [0.2, 0.25) is 0 Å². The van der Waals surface area contributed by atoms with Crippen LogP contribution in [-0.4, -0.2) is 53.2 Å². The van der Waals surface area contributed by atoms with Crippen LogP contribution in [0.4, 0.5) is 0 Å². The smallest absolute Gasteiger partial charge is 0.270 e. The summed E-state index contributed by atoms with van der Waals surface area (Å²) in [5.74, 6) is -0.238. The van der Waals surface area contributed by atoms with E-state index in [1.807, 2.05) is 19.1 Å². The molecule has 2 heterocycles. The molecule has 1 amide bonds. The largest absolute Gasteiger partial charge is 0.345 e. The van der Waals surface area contributed by atoms with E-state index in [1.165, 1.54) is 16.6 Å². The van der Waals surface area contributed by atoms with Gasteiger partial charge in [-0.3, -0.25) is 9.78 Å². The predicted octanol–water partition coefficient (Wildman–Crippen LogP) is 2.28. The van der Waals surface area contributed by atoms with Crippen LogP contribution < -0.4 is 0 Å². The van der Waals surface area contributed by atoms with Crippen LogP contribution in [0.3, 0.4) is 0 Å². The van der Waals surface area contributed by atoms with Gasteiger partial charge in [0.1, 0.15) is 10.6 Å². The first-order chi connectivity index (χ1) is 12.2. The molecule has 2 rings (SSSR count). The fourth-order valence-electron chi connectivity index (χ4n) is 2.82. The summed E-state index contributed by atoms with van der Waals surface area (Å²) in [4.78, 5) is 18.6. The van der Waals surface area contributed by atoms with Crippen LogP contribution in [0.5, 0.6) is 0 Å². The van der Waals surface area contributed by atoms with Crippen molar-refractivity contribution < 1.29 is 13.2 Å². The third-order valence-electron chi connectivity index (χ3n) is 4.63. The van der Waals surface area contributed by atoms with Crippen LogP contribution in [0, 0.1) is 0 Å². The van der Waals surface area contributed by atoms with Crippen LogP contribution in [0.1, 0.15) is 42.9 Å². The summed E-state index contributed by atoms with van der Waals surface area (Å²) in [5.41, 5.74) is 1.29. The number of aromatic nitrogens is 2. The molecule has 0 bridgehead atoms. The highest BCUT2D eigenvalue weighted by atomic mass is 32.2. The Labute approximate surface area is 155 Å². The Morgan fingerprint density at radius 3 is 2.35 bits per heavy atom. The molecule has 0 aliphatic heterocycles. The van der Waals surface area contributed by atoms with Crippen LogP contribution in [0.15, 0.2) is 41.7 Å². The first kappa shape index (κ1) is 20.1. The minimum absolute atomic E-state index is 0.136. The molecule has 0 saturated carbocycles. The standard InChI is InChI=1S/C18H26N4O3S/c1-6-22(7-2)26(24,25)16-12-17(20(4)13-16)18(23)21(5)14(3)15-8-10-19-11-9-15/h8-14H,6-7H2,1-5H3. The summed E-state index contributed by atoms with van der Waals surface area (Å²) in [7, 11) is -0.214. The zero-order valence-corrected chi connectivity index (χ0v) is 16.7. The highest BCUT2D eigenvalue weighted by Crippen LogP contribution is 2.23. The molecule has 0 N–H and O–H groups in total. The Bertz CT molecular complexity index is 858. The van der Waals surface area contributed by atoms with Crippen LogP contribution >= 0.6 is 0 Å². The van der Waals surface area contributed by atoms with Gasteiger partial charge in [-0.25, -0.2) is 8.42 Å². The van der Waals surface area contributed by atoms with Gasteiger partial charge in [0.25, 0.3) is 5.91 Å². The molecule has 8 heteroatoms. The number of aryl methyl sites for hydroxylation is 1. The number of rotatable bonds is 7. The van der Waals surface area contributed by atoms with Crippen molar-refractivity contribution in [3.8, 4) is 0 Å². The maximum atomic E-state index is 12.9. The third-order valence-corrected chi connectivity index (χ3v) is 6.65. The van der Waals surface area contributed by atoms with Crippen molar-refractivity contribution in [3.63, 3.8) is 0 Å². The van der Waals surface area contributed by atoms with Gasteiger partial charge in [-0.1, -0.05) is 13.8 Å². The van der Waals surface area contributed by atoms with Crippen molar-refractivity contribution in [3.05, 3.63) is 48.0 Å². The highest BCUT2D eigenvalue weighted by Gasteiger charge is 2.27. The lowest BCUT2D eigenvalue weighted by Gasteiger charge is -2.25. The fourth-order valence-corrected chi connectivity index (χ4v) is 4.35. The number of carbonyl (C=O) groups is 1. The second kappa shape index (κ2) is 8.01. The molecule has 1 unspecified atom stereocenters. The van der Waals surface area contributed by atoms with Gasteiger partial charge >= 0.3 is 0 Å². The molecule has 2 aromatic rings. The van der Waals surface area contributed by atoms with Gasteiger partial charge in [0.15, 0.2) is 0 Å².